The van der Waals surface area contributed by atoms with E-state index in [1.54, 1.807) is 0 Å². The Kier molecular flexibility index (Phi) is 7.32. The Hall–Kier alpha value is -0.740. The standard InChI is InChI=1S/C13H17F9O5S2/c1-8(2)9(23)7-28(5-3-26-4-6-28)27-29(24,25)13(21,22)11(16,17)10(14,15)12(18,19)20/h8H,3-7H2,1-2H3. The summed E-state index contributed by atoms with van der Waals surface area (Å²) < 4.78 is 150. The van der Waals surface area contributed by atoms with E-state index >= 15 is 0 Å². The van der Waals surface area contributed by atoms with Crippen molar-refractivity contribution in [3.05, 3.63) is 0 Å². The molecule has 0 unspecified atom stereocenters. The Balaban J connectivity index is 3.37. The predicted octanol–water partition coefficient (Wildman–Crippen LogP) is 3.73. The highest BCUT2D eigenvalue weighted by Gasteiger charge is 2.86. The normalized spacial score (nSPS) is 20.6. The van der Waals surface area contributed by atoms with Crippen LogP contribution in [0.1, 0.15) is 13.8 Å². The summed E-state index contributed by atoms with van der Waals surface area (Å²) in [5, 5.41) is -6.95. The number of rotatable bonds is 8. The van der Waals surface area contributed by atoms with E-state index in [1.165, 1.54) is 13.8 Å². The first-order chi connectivity index (χ1) is 12.7. The van der Waals surface area contributed by atoms with Crippen LogP contribution in [0.2, 0.25) is 0 Å². The molecule has 0 amide bonds. The van der Waals surface area contributed by atoms with Gasteiger partial charge in [-0.05, 0) is 0 Å². The number of alkyl halides is 9. The molecule has 1 saturated heterocycles. The van der Waals surface area contributed by atoms with Crippen LogP contribution in [0.4, 0.5) is 39.5 Å². The minimum Gasteiger partial charge on any atom is -0.380 e. The molecule has 0 aliphatic carbocycles. The molecule has 5 nitrogen and oxygen atoms in total. The Morgan fingerprint density at radius 1 is 0.966 bits per heavy atom. The number of carbonyl (C=O) groups excluding carboxylic acids is 1. The summed E-state index contributed by atoms with van der Waals surface area (Å²) >= 11 is 0. The van der Waals surface area contributed by atoms with E-state index in [2.05, 4.69) is 3.63 Å². The van der Waals surface area contributed by atoms with E-state index in [1.807, 2.05) is 0 Å². The highest BCUT2D eigenvalue weighted by Crippen LogP contribution is 2.59. The smallest absolute Gasteiger partial charge is 0.380 e. The molecule has 1 fully saturated rings. The number of ether oxygens (including phenoxy) is 1. The number of ketones is 1. The summed E-state index contributed by atoms with van der Waals surface area (Å²) in [6.07, 6.45) is -7.17. The minimum absolute atomic E-state index is 0.323. The van der Waals surface area contributed by atoms with Crippen molar-refractivity contribution in [1.29, 1.82) is 0 Å². The molecular weight excluding hydrogens is 471 g/mol. The van der Waals surface area contributed by atoms with Crippen LogP contribution in [0, 0.1) is 5.92 Å². The summed E-state index contributed by atoms with van der Waals surface area (Å²) in [5.41, 5.74) is 0. The molecule has 174 valence electrons. The molecule has 29 heavy (non-hydrogen) atoms. The van der Waals surface area contributed by atoms with Crippen molar-refractivity contribution < 1.29 is 61.1 Å². The molecule has 0 aromatic heterocycles. The predicted molar refractivity (Wildman–Crippen MR) is 83.8 cm³/mol. The maximum absolute atomic E-state index is 13.9. The van der Waals surface area contributed by atoms with Crippen LogP contribution in [-0.4, -0.2) is 67.9 Å². The number of hydrogen-bond donors (Lipinski definition) is 0. The molecule has 0 aromatic rings. The van der Waals surface area contributed by atoms with Crippen LogP contribution >= 0.6 is 10.3 Å². The maximum Gasteiger partial charge on any atom is 0.460 e. The van der Waals surface area contributed by atoms with E-state index in [4.69, 9.17) is 4.74 Å². The van der Waals surface area contributed by atoms with Gasteiger partial charge in [-0.1, -0.05) is 13.8 Å². The first-order valence-corrected chi connectivity index (χ1v) is 11.2. The lowest BCUT2D eigenvalue weighted by molar-refractivity contribution is -0.382. The van der Waals surface area contributed by atoms with Crippen molar-refractivity contribution >= 4 is 26.2 Å². The highest BCUT2D eigenvalue weighted by molar-refractivity contribution is 8.33. The zero-order valence-corrected chi connectivity index (χ0v) is 16.5. The van der Waals surface area contributed by atoms with Gasteiger partial charge in [0.2, 0.25) is 0 Å². The van der Waals surface area contributed by atoms with Crippen molar-refractivity contribution in [2.24, 2.45) is 5.92 Å². The minimum atomic E-state index is -7.38. The first-order valence-electron chi connectivity index (χ1n) is 7.77. The van der Waals surface area contributed by atoms with E-state index < -0.39 is 72.7 Å². The van der Waals surface area contributed by atoms with Gasteiger partial charge < -0.3 is 4.74 Å². The summed E-state index contributed by atoms with van der Waals surface area (Å²) in [6.45, 7) is 2.07. The molecule has 0 saturated carbocycles. The average Bonchev–Trinajstić information content (AvgIpc) is 2.53. The fraction of sp³-hybridized carbons (Fsp3) is 0.923. The fourth-order valence-corrected chi connectivity index (χ4v) is 7.27. The second-order valence-corrected chi connectivity index (χ2v) is 11.4. The summed E-state index contributed by atoms with van der Waals surface area (Å²) in [5.74, 6) is -18.0. The van der Waals surface area contributed by atoms with Gasteiger partial charge >= 0.3 is 33.4 Å². The van der Waals surface area contributed by atoms with Crippen LogP contribution in [0.15, 0.2) is 0 Å². The van der Waals surface area contributed by atoms with Crippen LogP contribution in [-0.2, 0) is 23.3 Å². The van der Waals surface area contributed by atoms with Gasteiger partial charge in [-0.15, -0.1) is 10.3 Å². The van der Waals surface area contributed by atoms with Gasteiger partial charge in [0.15, 0.2) is 0 Å². The third-order valence-corrected chi connectivity index (χ3v) is 9.30. The van der Waals surface area contributed by atoms with E-state index in [9.17, 15) is 52.7 Å². The van der Waals surface area contributed by atoms with Crippen LogP contribution < -0.4 is 0 Å². The second kappa shape index (κ2) is 8.07. The van der Waals surface area contributed by atoms with E-state index in [-0.39, 0.29) is 13.2 Å². The lowest BCUT2D eigenvalue weighted by Crippen LogP contribution is -2.63. The van der Waals surface area contributed by atoms with Crippen molar-refractivity contribution in [2.45, 2.75) is 37.1 Å². The fourth-order valence-electron chi connectivity index (χ4n) is 2.04. The van der Waals surface area contributed by atoms with Crippen molar-refractivity contribution in [2.75, 3.05) is 30.5 Å². The van der Waals surface area contributed by atoms with Gasteiger partial charge in [0, 0.05) is 17.4 Å². The van der Waals surface area contributed by atoms with E-state index in [0.29, 0.717) is 0 Å². The summed E-state index contributed by atoms with van der Waals surface area (Å²) in [7, 11) is -10.5. The van der Waals surface area contributed by atoms with Gasteiger partial charge in [0.05, 0.1) is 19.0 Å². The van der Waals surface area contributed by atoms with Gasteiger partial charge in [-0.3, -0.25) is 4.79 Å². The average molecular weight is 488 g/mol. The first kappa shape index (κ1) is 26.3. The zero-order chi connectivity index (χ0) is 23.1. The highest BCUT2D eigenvalue weighted by atomic mass is 32.3. The molecule has 1 aliphatic rings. The van der Waals surface area contributed by atoms with Crippen molar-refractivity contribution in [3.63, 3.8) is 0 Å². The van der Waals surface area contributed by atoms with Crippen LogP contribution in [0.5, 0.6) is 0 Å². The SMILES string of the molecule is CC(C)C(=O)CS1(OS(=O)(=O)C(F)(F)C(F)(F)C(F)(F)C(F)(F)F)CCOCC1. The molecule has 1 rings (SSSR count). The molecule has 0 radical (unpaired) electrons. The third-order valence-electron chi connectivity index (χ3n) is 3.91. The van der Waals surface area contributed by atoms with Gasteiger partial charge in [-0.25, -0.2) is 3.63 Å². The van der Waals surface area contributed by atoms with Crippen LogP contribution in [0.25, 0.3) is 0 Å². The topological polar surface area (TPSA) is 69.7 Å². The molecule has 0 N–H and O–H groups in total. The van der Waals surface area contributed by atoms with Gasteiger partial charge in [-0.2, -0.15) is 47.9 Å². The molecule has 0 bridgehead atoms. The Morgan fingerprint density at radius 3 is 1.79 bits per heavy atom. The lowest BCUT2D eigenvalue weighted by Gasteiger charge is -2.42. The zero-order valence-electron chi connectivity index (χ0n) is 14.9. The number of carbonyl (C=O) groups is 1. The molecule has 16 heteroatoms. The van der Waals surface area contributed by atoms with Gasteiger partial charge in [0.1, 0.15) is 5.78 Å². The largest absolute Gasteiger partial charge is 0.460 e. The maximum atomic E-state index is 13.9. The van der Waals surface area contributed by atoms with Gasteiger partial charge in [0.25, 0.3) is 0 Å². The Bertz CT molecular complexity index is 713. The third kappa shape index (κ3) is 4.79. The Morgan fingerprint density at radius 2 is 1.41 bits per heavy atom. The molecule has 1 heterocycles. The number of Topliss-reactive ketones (excluding diaryl/α,β-unsaturated/α-hetero) is 1. The van der Waals surface area contributed by atoms with Crippen molar-refractivity contribution in [3.8, 4) is 0 Å². The van der Waals surface area contributed by atoms with Crippen LogP contribution in [0.3, 0.4) is 0 Å². The Labute approximate surface area is 161 Å². The second-order valence-electron chi connectivity index (χ2n) is 6.44. The van der Waals surface area contributed by atoms with E-state index in [0.717, 1.165) is 0 Å². The summed E-state index contributed by atoms with van der Waals surface area (Å²) in [6, 6.07) is 0. The molecule has 0 spiro atoms. The molecule has 1 aliphatic heterocycles. The number of halogens is 9. The molecular formula is C13H17F9O5S2. The monoisotopic (exact) mass is 488 g/mol. The molecule has 0 aromatic carbocycles. The quantitative estimate of drug-likeness (QED) is 0.487. The molecule has 0 atom stereocenters. The number of hydrogen-bond acceptors (Lipinski definition) is 5. The van der Waals surface area contributed by atoms with Crippen molar-refractivity contribution in [1.82, 2.24) is 0 Å². The summed E-state index contributed by atoms with van der Waals surface area (Å²) in [4.78, 5) is 11.9. The lowest BCUT2D eigenvalue weighted by atomic mass is 10.1.